The zero-order chi connectivity index (χ0) is 20.5. The third kappa shape index (κ3) is 9.24. The maximum Gasteiger partial charge on any atom is 0.469 e. The molecule has 0 spiro atoms. The number of aliphatic carboxylic acids is 1. The van der Waals surface area contributed by atoms with E-state index in [-0.39, 0.29) is 30.4 Å². The minimum atomic E-state index is -1.60. The van der Waals surface area contributed by atoms with Crippen LogP contribution >= 0.6 is 0 Å². The van der Waals surface area contributed by atoms with Gasteiger partial charge in [0.05, 0.1) is 0 Å². The molecule has 13 heteroatoms. The van der Waals surface area contributed by atoms with Crippen LogP contribution in [0.25, 0.3) is 0 Å². The van der Waals surface area contributed by atoms with Crippen LogP contribution in [0, 0.1) is 15.5 Å². The van der Waals surface area contributed by atoms with E-state index in [1.54, 1.807) is 0 Å². The number of ether oxygens (including phenoxy) is 1. The van der Waals surface area contributed by atoms with Gasteiger partial charge in [-0.1, -0.05) is 0 Å². The number of rotatable bonds is 9. The minimum Gasteiger partial charge on any atom is -0.480 e. The van der Waals surface area contributed by atoms with Gasteiger partial charge < -0.3 is 26.2 Å². The van der Waals surface area contributed by atoms with Gasteiger partial charge in [-0.05, 0) is 38.6 Å². The predicted molar refractivity (Wildman–Crippen MR) is 88.7 cm³/mol. The SMILES string of the molecule is CC(C)(C)OC(=O)N(C(CCCNC(=N)N)C(=O)NCC(=O)O)[N+](=O)[O-]. The number of nitro groups is 1. The molecule has 1 unspecified atom stereocenters. The molecule has 148 valence electrons. The maximum absolute atomic E-state index is 12.2. The molecule has 0 rings (SSSR count). The first-order chi connectivity index (χ1) is 11.8. The molecular formula is C13H24N6O7. The molecule has 1 atom stereocenters. The summed E-state index contributed by atoms with van der Waals surface area (Å²) in [6.07, 6.45) is -1.40. The molecule has 0 aliphatic rings. The zero-order valence-corrected chi connectivity index (χ0v) is 14.8. The van der Waals surface area contributed by atoms with Gasteiger partial charge in [-0.2, -0.15) is 0 Å². The van der Waals surface area contributed by atoms with Crippen LogP contribution in [0.1, 0.15) is 33.6 Å². The fourth-order valence-electron chi connectivity index (χ4n) is 1.78. The van der Waals surface area contributed by atoms with Crippen molar-refractivity contribution < 1.29 is 29.3 Å². The van der Waals surface area contributed by atoms with Crippen molar-refractivity contribution in [2.75, 3.05) is 13.1 Å². The Morgan fingerprint density at radius 2 is 1.92 bits per heavy atom. The third-order valence-electron chi connectivity index (χ3n) is 2.74. The van der Waals surface area contributed by atoms with Crippen LogP contribution in [0.4, 0.5) is 4.79 Å². The van der Waals surface area contributed by atoms with Gasteiger partial charge in [-0.25, -0.2) is 14.9 Å². The number of guanidine groups is 1. The van der Waals surface area contributed by atoms with E-state index in [2.05, 4.69) is 5.32 Å². The van der Waals surface area contributed by atoms with Gasteiger partial charge in [0.25, 0.3) is 0 Å². The van der Waals surface area contributed by atoms with Crippen molar-refractivity contribution in [3.63, 3.8) is 0 Å². The third-order valence-corrected chi connectivity index (χ3v) is 2.74. The van der Waals surface area contributed by atoms with Crippen molar-refractivity contribution in [2.24, 2.45) is 5.73 Å². The molecule has 0 saturated carbocycles. The number of carboxylic acids is 1. The van der Waals surface area contributed by atoms with Gasteiger partial charge in [0, 0.05) is 6.54 Å². The van der Waals surface area contributed by atoms with Crippen molar-refractivity contribution in [2.45, 2.75) is 45.3 Å². The number of carboxylic acid groups (broad SMARTS) is 1. The van der Waals surface area contributed by atoms with Crippen molar-refractivity contribution in [3.05, 3.63) is 10.1 Å². The van der Waals surface area contributed by atoms with Gasteiger partial charge in [0.15, 0.2) is 17.0 Å². The lowest BCUT2D eigenvalue weighted by molar-refractivity contribution is -0.641. The highest BCUT2D eigenvalue weighted by atomic mass is 16.7. The standard InChI is InChI=1S/C13H24N6O7/c1-13(2,3)26-12(23)18(19(24)25)8(5-4-6-16-11(14)15)10(22)17-7-9(20)21/h8H,4-7H2,1-3H3,(H,17,22)(H,20,21)(H4,14,15,16). The topological polar surface area (TPSA) is 201 Å². The smallest absolute Gasteiger partial charge is 0.469 e. The van der Waals surface area contributed by atoms with E-state index >= 15 is 0 Å². The first-order valence-electron chi connectivity index (χ1n) is 7.59. The van der Waals surface area contributed by atoms with Gasteiger partial charge in [-0.3, -0.25) is 15.0 Å². The van der Waals surface area contributed by atoms with Crippen LogP contribution in [0.3, 0.4) is 0 Å². The molecular weight excluding hydrogens is 352 g/mol. The zero-order valence-electron chi connectivity index (χ0n) is 14.8. The molecule has 0 saturated heterocycles. The molecule has 2 amide bonds. The van der Waals surface area contributed by atoms with Crippen molar-refractivity contribution in [3.8, 4) is 0 Å². The summed E-state index contributed by atoms with van der Waals surface area (Å²) in [7, 11) is 0. The van der Waals surface area contributed by atoms with Crippen molar-refractivity contribution >= 4 is 23.9 Å². The second-order valence-electron chi connectivity index (χ2n) is 6.17. The van der Waals surface area contributed by atoms with E-state index in [0.29, 0.717) is 0 Å². The Labute approximate surface area is 149 Å². The summed E-state index contributed by atoms with van der Waals surface area (Å²) in [6.45, 7) is 3.86. The highest BCUT2D eigenvalue weighted by Gasteiger charge is 2.41. The number of nitrogens with zero attached hydrogens (tertiary/aromatic N) is 2. The number of nitrogens with one attached hydrogen (secondary N) is 3. The molecule has 0 aromatic rings. The average Bonchev–Trinajstić information content (AvgIpc) is 2.44. The van der Waals surface area contributed by atoms with Crippen LogP contribution in [-0.2, 0) is 14.3 Å². The fourth-order valence-corrected chi connectivity index (χ4v) is 1.78. The first-order valence-corrected chi connectivity index (χ1v) is 7.59. The molecule has 0 aromatic heterocycles. The lowest BCUT2D eigenvalue weighted by atomic mass is 10.1. The van der Waals surface area contributed by atoms with E-state index in [4.69, 9.17) is 21.0 Å². The van der Waals surface area contributed by atoms with E-state index in [1.807, 2.05) is 5.32 Å². The number of carbonyl (C=O) groups excluding carboxylic acids is 2. The van der Waals surface area contributed by atoms with E-state index in [1.165, 1.54) is 20.8 Å². The number of hydrogen-bond acceptors (Lipinski definition) is 7. The summed E-state index contributed by atoms with van der Waals surface area (Å²) >= 11 is 0. The van der Waals surface area contributed by atoms with Crippen LogP contribution in [-0.4, -0.2) is 63.8 Å². The Bertz CT molecular complexity index is 560. The Hall–Kier alpha value is -3.12. The number of carbonyl (C=O) groups is 3. The summed E-state index contributed by atoms with van der Waals surface area (Å²) in [5.41, 5.74) is 4.07. The Morgan fingerprint density at radius 3 is 2.35 bits per heavy atom. The summed E-state index contributed by atoms with van der Waals surface area (Å²) in [4.78, 5) is 46.2. The quantitative estimate of drug-likeness (QED) is 0.113. The summed E-state index contributed by atoms with van der Waals surface area (Å²) in [5, 5.41) is 30.4. The largest absolute Gasteiger partial charge is 0.480 e. The molecule has 0 aliphatic heterocycles. The summed E-state index contributed by atoms with van der Waals surface area (Å²) < 4.78 is 4.94. The highest BCUT2D eigenvalue weighted by Crippen LogP contribution is 2.15. The van der Waals surface area contributed by atoms with E-state index in [0.717, 1.165) is 0 Å². The second-order valence-corrected chi connectivity index (χ2v) is 6.17. The predicted octanol–water partition coefficient (Wildman–Crippen LogP) is -0.752. The molecule has 0 aliphatic carbocycles. The average molecular weight is 376 g/mol. The molecule has 6 N–H and O–H groups in total. The molecule has 0 aromatic carbocycles. The maximum atomic E-state index is 12.2. The second kappa shape index (κ2) is 10.0. The first kappa shape index (κ1) is 22.9. The van der Waals surface area contributed by atoms with Crippen LogP contribution in [0.15, 0.2) is 0 Å². The Morgan fingerprint density at radius 1 is 1.35 bits per heavy atom. The van der Waals surface area contributed by atoms with Gasteiger partial charge >= 0.3 is 12.1 Å². The fraction of sp³-hybridized carbons (Fsp3) is 0.692. The minimum absolute atomic E-state index is 0.0240. The van der Waals surface area contributed by atoms with Crippen molar-refractivity contribution in [1.29, 1.82) is 5.41 Å². The number of nitrogens with two attached hydrogens (primary N) is 1. The van der Waals surface area contributed by atoms with E-state index in [9.17, 15) is 24.5 Å². The highest BCUT2D eigenvalue weighted by molar-refractivity contribution is 5.87. The monoisotopic (exact) mass is 376 g/mol. The lowest BCUT2D eigenvalue weighted by Crippen LogP contribution is -2.54. The molecule has 0 bridgehead atoms. The number of hydrazine groups is 1. The lowest BCUT2D eigenvalue weighted by Gasteiger charge is -2.25. The Kier molecular flexibility index (Phi) is 8.80. The summed E-state index contributed by atoms with van der Waals surface area (Å²) in [5.74, 6) is -2.69. The normalized spacial score (nSPS) is 11.8. The molecule has 0 heterocycles. The van der Waals surface area contributed by atoms with Crippen LogP contribution in [0.2, 0.25) is 0 Å². The van der Waals surface area contributed by atoms with Gasteiger partial charge in [-0.15, -0.1) is 0 Å². The molecule has 26 heavy (non-hydrogen) atoms. The number of amides is 2. The van der Waals surface area contributed by atoms with Crippen LogP contribution in [0.5, 0.6) is 0 Å². The van der Waals surface area contributed by atoms with Crippen LogP contribution < -0.4 is 16.4 Å². The summed E-state index contributed by atoms with van der Waals surface area (Å²) in [6, 6.07) is -1.60. The van der Waals surface area contributed by atoms with Gasteiger partial charge in [0.1, 0.15) is 12.1 Å². The number of hydrogen-bond donors (Lipinski definition) is 5. The van der Waals surface area contributed by atoms with E-state index < -0.39 is 41.2 Å². The van der Waals surface area contributed by atoms with Gasteiger partial charge in [0.2, 0.25) is 5.91 Å². The van der Waals surface area contributed by atoms with Crippen molar-refractivity contribution in [1.82, 2.24) is 15.6 Å². The molecule has 0 fully saturated rings. The Balaban J connectivity index is 5.34. The molecule has 0 radical (unpaired) electrons. The molecule has 13 nitrogen and oxygen atoms in total.